The predicted octanol–water partition coefficient (Wildman–Crippen LogP) is 0.742. The van der Waals surface area contributed by atoms with Crippen LogP contribution in [0.3, 0.4) is 0 Å². The molecule has 2 unspecified atom stereocenters. The summed E-state index contributed by atoms with van der Waals surface area (Å²) >= 11 is 0. The molecule has 10 heavy (non-hydrogen) atoms. The van der Waals surface area contributed by atoms with Crippen molar-refractivity contribution in [3.05, 3.63) is 0 Å². The van der Waals surface area contributed by atoms with Gasteiger partial charge in [-0.3, -0.25) is 0 Å². The summed E-state index contributed by atoms with van der Waals surface area (Å²) < 4.78 is 15.7. The van der Waals surface area contributed by atoms with Crippen molar-refractivity contribution in [2.75, 3.05) is 13.7 Å². The molecule has 0 aromatic carbocycles. The maximum absolute atomic E-state index is 5.39. The molecule has 0 radical (unpaired) electrons. The van der Waals surface area contributed by atoms with Gasteiger partial charge in [-0.15, -0.1) is 0 Å². The minimum Gasteiger partial charge on any atom is -0.356 e. The zero-order valence-electron chi connectivity index (χ0n) is 6.08. The molecule has 3 atom stereocenters. The molecule has 2 aliphatic rings. The number of hydrogen-bond acceptors (Lipinski definition) is 3. The SMILES string of the molecule is CO[C@H]1CC2CCOC2O1. The topological polar surface area (TPSA) is 27.7 Å². The largest absolute Gasteiger partial charge is 0.356 e. The lowest BCUT2D eigenvalue weighted by Gasteiger charge is -2.09. The first kappa shape index (κ1) is 6.58. The van der Waals surface area contributed by atoms with Crippen LogP contribution in [0, 0.1) is 5.92 Å². The maximum atomic E-state index is 5.39. The van der Waals surface area contributed by atoms with Gasteiger partial charge in [0.25, 0.3) is 0 Å². The lowest BCUT2D eigenvalue weighted by atomic mass is 10.1. The Labute approximate surface area is 60.3 Å². The molecule has 0 saturated carbocycles. The summed E-state index contributed by atoms with van der Waals surface area (Å²) in [5.74, 6) is 0.588. The van der Waals surface area contributed by atoms with E-state index in [1.54, 1.807) is 7.11 Å². The first-order valence-corrected chi connectivity index (χ1v) is 3.70. The Kier molecular flexibility index (Phi) is 1.64. The van der Waals surface area contributed by atoms with Gasteiger partial charge in [-0.1, -0.05) is 0 Å². The van der Waals surface area contributed by atoms with Crippen LogP contribution in [0.1, 0.15) is 12.8 Å². The van der Waals surface area contributed by atoms with E-state index in [-0.39, 0.29) is 12.6 Å². The van der Waals surface area contributed by atoms with E-state index in [0.717, 1.165) is 19.4 Å². The molecular formula is C7H12O3. The van der Waals surface area contributed by atoms with Crippen molar-refractivity contribution in [1.29, 1.82) is 0 Å². The number of methoxy groups -OCH3 is 1. The molecule has 0 aromatic heterocycles. The van der Waals surface area contributed by atoms with E-state index >= 15 is 0 Å². The lowest BCUT2D eigenvalue weighted by molar-refractivity contribution is -0.187. The van der Waals surface area contributed by atoms with Gasteiger partial charge in [-0.05, 0) is 6.42 Å². The van der Waals surface area contributed by atoms with Gasteiger partial charge in [0.2, 0.25) is 0 Å². The molecule has 0 aromatic rings. The van der Waals surface area contributed by atoms with Gasteiger partial charge in [-0.25, -0.2) is 0 Å². The average Bonchev–Trinajstić information content (AvgIpc) is 2.42. The standard InChI is InChI=1S/C7H12O3/c1-8-6-4-5-2-3-9-7(5)10-6/h5-7H,2-4H2,1H3/t5?,6-,7?/m1/s1. The summed E-state index contributed by atoms with van der Waals surface area (Å²) in [7, 11) is 1.67. The Morgan fingerprint density at radius 1 is 1.50 bits per heavy atom. The van der Waals surface area contributed by atoms with Crippen LogP contribution in [-0.4, -0.2) is 26.3 Å². The first-order valence-electron chi connectivity index (χ1n) is 3.70. The highest BCUT2D eigenvalue weighted by Crippen LogP contribution is 2.34. The minimum absolute atomic E-state index is 0.0182. The van der Waals surface area contributed by atoms with Crippen LogP contribution >= 0.6 is 0 Å². The van der Waals surface area contributed by atoms with E-state index in [1.165, 1.54) is 0 Å². The highest BCUT2D eigenvalue weighted by Gasteiger charge is 2.39. The van der Waals surface area contributed by atoms with Crippen LogP contribution in [-0.2, 0) is 14.2 Å². The highest BCUT2D eigenvalue weighted by molar-refractivity contribution is 4.76. The minimum atomic E-state index is -0.0182. The number of rotatable bonds is 1. The number of hydrogen-bond donors (Lipinski definition) is 0. The van der Waals surface area contributed by atoms with Crippen LogP contribution in [0.2, 0.25) is 0 Å². The monoisotopic (exact) mass is 144 g/mol. The van der Waals surface area contributed by atoms with E-state index in [4.69, 9.17) is 14.2 Å². The van der Waals surface area contributed by atoms with Crippen molar-refractivity contribution < 1.29 is 14.2 Å². The van der Waals surface area contributed by atoms with Crippen molar-refractivity contribution in [3.63, 3.8) is 0 Å². The van der Waals surface area contributed by atoms with E-state index in [9.17, 15) is 0 Å². The molecule has 0 bridgehead atoms. The molecule has 58 valence electrons. The molecule has 2 fully saturated rings. The summed E-state index contributed by atoms with van der Waals surface area (Å²) in [5.41, 5.74) is 0. The third-order valence-electron chi connectivity index (χ3n) is 2.20. The van der Waals surface area contributed by atoms with Crippen molar-refractivity contribution in [3.8, 4) is 0 Å². The third-order valence-corrected chi connectivity index (χ3v) is 2.20. The molecule has 2 aliphatic heterocycles. The second-order valence-corrected chi connectivity index (χ2v) is 2.82. The molecule has 0 amide bonds. The molecule has 2 saturated heterocycles. The van der Waals surface area contributed by atoms with E-state index in [2.05, 4.69) is 0 Å². The summed E-state index contributed by atoms with van der Waals surface area (Å²) in [6.07, 6.45) is 2.14. The number of ether oxygens (including phenoxy) is 3. The number of fused-ring (bicyclic) bond motifs is 1. The summed E-state index contributed by atoms with van der Waals surface area (Å²) in [6, 6.07) is 0. The Bertz CT molecular complexity index is 114. The van der Waals surface area contributed by atoms with Crippen LogP contribution < -0.4 is 0 Å². The Morgan fingerprint density at radius 3 is 3.10 bits per heavy atom. The van der Waals surface area contributed by atoms with Gasteiger partial charge in [0.15, 0.2) is 12.6 Å². The maximum Gasteiger partial charge on any atom is 0.163 e. The van der Waals surface area contributed by atoms with Gasteiger partial charge >= 0.3 is 0 Å². The molecule has 0 spiro atoms. The zero-order valence-corrected chi connectivity index (χ0v) is 6.08. The molecular weight excluding hydrogens is 132 g/mol. The van der Waals surface area contributed by atoms with E-state index in [0.29, 0.717) is 5.92 Å². The van der Waals surface area contributed by atoms with Gasteiger partial charge < -0.3 is 14.2 Å². The van der Waals surface area contributed by atoms with Crippen molar-refractivity contribution >= 4 is 0 Å². The molecule has 2 heterocycles. The second kappa shape index (κ2) is 2.49. The molecule has 0 aliphatic carbocycles. The van der Waals surface area contributed by atoms with Crippen LogP contribution in [0.4, 0.5) is 0 Å². The molecule has 3 nitrogen and oxygen atoms in total. The van der Waals surface area contributed by atoms with Gasteiger partial charge in [0.05, 0.1) is 6.61 Å². The lowest BCUT2D eigenvalue weighted by Crippen LogP contribution is -2.13. The quantitative estimate of drug-likeness (QED) is 0.543. The molecule has 2 rings (SSSR count). The fraction of sp³-hybridized carbons (Fsp3) is 1.00. The Balaban J connectivity index is 1.94. The van der Waals surface area contributed by atoms with Crippen LogP contribution in [0.5, 0.6) is 0 Å². The Morgan fingerprint density at radius 2 is 2.40 bits per heavy atom. The van der Waals surface area contributed by atoms with Crippen molar-refractivity contribution in [1.82, 2.24) is 0 Å². The highest BCUT2D eigenvalue weighted by atomic mass is 16.8. The second-order valence-electron chi connectivity index (χ2n) is 2.82. The van der Waals surface area contributed by atoms with Crippen molar-refractivity contribution in [2.24, 2.45) is 5.92 Å². The predicted molar refractivity (Wildman–Crippen MR) is 34.3 cm³/mol. The van der Waals surface area contributed by atoms with Gasteiger partial charge in [0, 0.05) is 19.4 Å². The van der Waals surface area contributed by atoms with E-state index < -0.39 is 0 Å². The average molecular weight is 144 g/mol. The molecule has 3 heteroatoms. The first-order chi connectivity index (χ1) is 4.90. The fourth-order valence-corrected chi connectivity index (χ4v) is 1.59. The normalized spacial score (nSPS) is 45.9. The zero-order chi connectivity index (χ0) is 6.97. The molecule has 0 N–H and O–H groups in total. The van der Waals surface area contributed by atoms with Gasteiger partial charge in [0.1, 0.15) is 0 Å². The summed E-state index contributed by atoms with van der Waals surface area (Å²) in [6.45, 7) is 0.853. The third kappa shape index (κ3) is 0.944. The Hall–Kier alpha value is -0.120. The van der Waals surface area contributed by atoms with E-state index in [1.807, 2.05) is 0 Å². The van der Waals surface area contributed by atoms with Gasteiger partial charge in [-0.2, -0.15) is 0 Å². The van der Waals surface area contributed by atoms with Crippen LogP contribution in [0.15, 0.2) is 0 Å². The summed E-state index contributed by atoms with van der Waals surface area (Å²) in [4.78, 5) is 0. The smallest absolute Gasteiger partial charge is 0.163 e. The fourth-order valence-electron chi connectivity index (χ4n) is 1.59. The summed E-state index contributed by atoms with van der Waals surface area (Å²) in [5, 5.41) is 0. The van der Waals surface area contributed by atoms with Crippen LogP contribution in [0.25, 0.3) is 0 Å². The van der Waals surface area contributed by atoms with Crippen molar-refractivity contribution in [2.45, 2.75) is 25.4 Å².